The van der Waals surface area contributed by atoms with Crippen LogP contribution in [0.3, 0.4) is 0 Å². The first-order valence-electron chi connectivity index (χ1n) is 7.96. The fraction of sp³-hybridized carbons (Fsp3) is 0.222. The van der Waals surface area contributed by atoms with Crippen LogP contribution in [-0.2, 0) is 22.9 Å². The van der Waals surface area contributed by atoms with E-state index in [1.54, 1.807) is 0 Å². The largest absolute Gasteiger partial charge is 0.478 e. The van der Waals surface area contributed by atoms with Gasteiger partial charge in [-0.2, -0.15) is 26.3 Å². The molecule has 0 aliphatic rings. The lowest BCUT2D eigenvalue weighted by atomic mass is 10.1. The minimum Gasteiger partial charge on any atom is -0.478 e. The molecule has 2 aromatic carbocycles. The second-order valence-corrected chi connectivity index (χ2v) is 7.37. The zero-order chi connectivity index (χ0) is 22.7. The number of rotatable bonds is 6. The highest BCUT2D eigenvalue weighted by Crippen LogP contribution is 2.37. The van der Waals surface area contributed by atoms with Gasteiger partial charge in [-0.3, -0.25) is 4.79 Å². The molecule has 2 rings (SSSR count). The maximum Gasteiger partial charge on any atom is 0.416 e. The van der Waals surface area contributed by atoms with Crippen molar-refractivity contribution in [3.05, 3.63) is 63.7 Å². The highest BCUT2D eigenvalue weighted by atomic mass is 35.5. The minimum absolute atomic E-state index is 0.0227. The lowest BCUT2D eigenvalue weighted by Crippen LogP contribution is -2.17. The molecule has 0 atom stereocenters. The van der Waals surface area contributed by atoms with Crippen molar-refractivity contribution >= 4 is 40.9 Å². The van der Waals surface area contributed by atoms with Gasteiger partial charge in [0.2, 0.25) is 5.91 Å². The molecule has 4 nitrogen and oxygen atoms in total. The number of carboxylic acids is 1. The number of carboxylic acid groups (broad SMARTS) is 1. The van der Waals surface area contributed by atoms with E-state index in [0.717, 1.165) is 17.8 Å². The predicted molar refractivity (Wildman–Crippen MR) is 99.6 cm³/mol. The third-order valence-corrected chi connectivity index (χ3v) is 4.87. The van der Waals surface area contributed by atoms with Crippen molar-refractivity contribution in [2.75, 3.05) is 11.1 Å². The maximum absolute atomic E-state index is 12.9. The number of hydrogen-bond donors (Lipinski definition) is 2. The number of amides is 1. The standard InChI is InChI=1S/C18H12ClF6NO3S/c19-12-1-2-14(13(6-12)16(28)29)26-15(27)8-30-7-9-3-10(17(20,21)22)5-11(4-9)18(23,24)25/h1-6H,7-8H2,(H,26,27)(H,28,29). The summed E-state index contributed by atoms with van der Waals surface area (Å²) in [7, 11) is 0. The highest BCUT2D eigenvalue weighted by Gasteiger charge is 2.36. The van der Waals surface area contributed by atoms with Crippen LogP contribution >= 0.6 is 23.4 Å². The van der Waals surface area contributed by atoms with Crippen molar-refractivity contribution in [3.8, 4) is 0 Å². The van der Waals surface area contributed by atoms with E-state index in [1.807, 2.05) is 0 Å². The fourth-order valence-electron chi connectivity index (χ4n) is 2.35. The Bertz CT molecular complexity index is 930. The van der Waals surface area contributed by atoms with E-state index in [-0.39, 0.29) is 39.4 Å². The summed E-state index contributed by atoms with van der Waals surface area (Å²) in [5, 5.41) is 11.6. The predicted octanol–water partition coefficient (Wildman–Crippen LogP) is 5.95. The highest BCUT2D eigenvalue weighted by molar-refractivity contribution is 7.99. The number of thioether (sulfide) groups is 1. The molecule has 0 bridgehead atoms. The number of aromatic carboxylic acids is 1. The van der Waals surface area contributed by atoms with Gasteiger partial charge < -0.3 is 10.4 Å². The van der Waals surface area contributed by atoms with Gasteiger partial charge in [-0.05, 0) is 42.0 Å². The summed E-state index contributed by atoms with van der Waals surface area (Å²) in [4.78, 5) is 23.2. The van der Waals surface area contributed by atoms with Crippen molar-refractivity contribution in [2.24, 2.45) is 0 Å². The maximum atomic E-state index is 12.9. The second-order valence-electron chi connectivity index (χ2n) is 5.95. The first-order chi connectivity index (χ1) is 13.8. The quantitative estimate of drug-likeness (QED) is 0.511. The summed E-state index contributed by atoms with van der Waals surface area (Å²) in [6.45, 7) is 0. The number of carbonyl (C=O) groups is 2. The molecule has 2 N–H and O–H groups in total. The van der Waals surface area contributed by atoms with E-state index < -0.39 is 35.4 Å². The molecular weight excluding hydrogens is 460 g/mol. The molecule has 1 amide bonds. The molecule has 0 saturated heterocycles. The van der Waals surface area contributed by atoms with E-state index in [1.165, 1.54) is 12.1 Å². The molecule has 2 aromatic rings. The van der Waals surface area contributed by atoms with Crippen LogP contribution in [-0.4, -0.2) is 22.7 Å². The molecule has 0 aliphatic heterocycles. The first-order valence-corrected chi connectivity index (χ1v) is 9.49. The van der Waals surface area contributed by atoms with Gasteiger partial charge in [-0.1, -0.05) is 11.6 Å². The molecule has 0 unspecified atom stereocenters. The number of benzene rings is 2. The molecule has 30 heavy (non-hydrogen) atoms. The van der Waals surface area contributed by atoms with Gasteiger partial charge in [0.1, 0.15) is 0 Å². The number of alkyl halides is 6. The third-order valence-electron chi connectivity index (χ3n) is 3.64. The van der Waals surface area contributed by atoms with Crippen LogP contribution in [0.2, 0.25) is 5.02 Å². The second kappa shape index (κ2) is 9.17. The van der Waals surface area contributed by atoms with Crippen molar-refractivity contribution < 1.29 is 41.0 Å². The molecule has 0 heterocycles. The Kier molecular flexibility index (Phi) is 7.30. The molecule has 162 valence electrons. The molecule has 0 spiro atoms. The normalized spacial score (nSPS) is 12.0. The number of hydrogen-bond acceptors (Lipinski definition) is 3. The number of halogens is 7. The van der Waals surface area contributed by atoms with Crippen LogP contribution in [0.4, 0.5) is 32.0 Å². The Morgan fingerprint density at radius 3 is 2.03 bits per heavy atom. The van der Waals surface area contributed by atoms with Crippen LogP contribution in [0.5, 0.6) is 0 Å². The van der Waals surface area contributed by atoms with Gasteiger partial charge in [0.25, 0.3) is 0 Å². The van der Waals surface area contributed by atoms with Gasteiger partial charge in [-0.25, -0.2) is 4.79 Å². The molecule has 0 saturated carbocycles. The Morgan fingerprint density at radius 2 is 1.53 bits per heavy atom. The van der Waals surface area contributed by atoms with Gasteiger partial charge in [0, 0.05) is 10.8 Å². The molecule has 0 aliphatic carbocycles. The molecule has 12 heteroatoms. The number of anilines is 1. The van der Waals surface area contributed by atoms with Gasteiger partial charge >= 0.3 is 18.3 Å². The molecule has 0 fully saturated rings. The topological polar surface area (TPSA) is 66.4 Å². The Labute approximate surface area is 175 Å². The lowest BCUT2D eigenvalue weighted by Gasteiger charge is -2.14. The molecular formula is C18H12ClF6NO3S. The average Bonchev–Trinajstić information content (AvgIpc) is 2.61. The lowest BCUT2D eigenvalue weighted by molar-refractivity contribution is -0.143. The first kappa shape index (κ1) is 23.9. The summed E-state index contributed by atoms with van der Waals surface area (Å²) in [6, 6.07) is 4.92. The van der Waals surface area contributed by atoms with E-state index in [9.17, 15) is 35.9 Å². The smallest absolute Gasteiger partial charge is 0.416 e. The summed E-state index contributed by atoms with van der Waals surface area (Å²) in [6.07, 6.45) is -9.92. The molecule has 0 radical (unpaired) electrons. The van der Waals surface area contributed by atoms with Crippen LogP contribution in [0, 0.1) is 0 Å². The molecule has 0 aromatic heterocycles. The van der Waals surface area contributed by atoms with E-state index in [2.05, 4.69) is 5.32 Å². The Balaban J connectivity index is 2.08. The number of carbonyl (C=O) groups excluding carboxylic acids is 1. The van der Waals surface area contributed by atoms with Crippen LogP contribution in [0.15, 0.2) is 36.4 Å². The van der Waals surface area contributed by atoms with Crippen molar-refractivity contribution in [1.82, 2.24) is 0 Å². The van der Waals surface area contributed by atoms with Crippen LogP contribution in [0.25, 0.3) is 0 Å². The van der Waals surface area contributed by atoms with Crippen molar-refractivity contribution in [2.45, 2.75) is 18.1 Å². The van der Waals surface area contributed by atoms with Crippen LogP contribution in [0.1, 0.15) is 27.0 Å². The Hall–Kier alpha value is -2.40. The van der Waals surface area contributed by atoms with Gasteiger partial charge in [0.05, 0.1) is 28.1 Å². The van der Waals surface area contributed by atoms with E-state index in [0.29, 0.717) is 12.1 Å². The number of nitrogens with one attached hydrogen (secondary N) is 1. The minimum atomic E-state index is -4.96. The fourth-order valence-corrected chi connectivity index (χ4v) is 3.29. The van der Waals surface area contributed by atoms with Gasteiger partial charge in [0.15, 0.2) is 0 Å². The average molecular weight is 472 g/mol. The van der Waals surface area contributed by atoms with E-state index >= 15 is 0 Å². The summed E-state index contributed by atoms with van der Waals surface area (Å²) in [5.74, 6) is -2.66. The Morgan fingerprint density at radius 1 is 0.967 bits per heavy atom. The zero-order valence-electron chi connectivity index (χ0n) is 14.7. The third kappa shape index (κ3) is 6.56. The SMILES string of the molecule is O=C(CSCc1cc(C(F)(F)F)cc(C(F)(F)F)c1)Nc1ccc(Cl)cc1C(=O)O. The van der Waals surface area contributed by atoms with E-state index in [4.69, 9.17) is 16.7 Å². The van der Waals surface area contributed by atoms with Crippen molar-refractivity contribution in [3.63, 3.8) is 0 Å². The van der Waals surface area contributed by atoms with Crippen molar-refractivity contribution in [1.29, 1.82) is 0 Å². The zero-order valence-corrected chi connectivity index (χ0v) is 16.3. The summed E-state index contributed by atoms with van der Waals surface area (Å²) < 4.78 is 77.2. The van der Waals surface area contributed by atoms with Crippen LogP contribution < -0.4 is 5.32 Å². The van der Waals surface area contributed by atoms with Gasteiger partial charge in [-0.15, -0.1) is 11.8 Å². The summed E-state index contributed by atoms with van der Waals surface area (Å²) in [5.41, 5.74) is -3.45. The summed E-state index contributed by atoms with van der Waals surface area (Å²) >= 11 is 6.47. The monoisotopic (exact) mass is 471 g/mol.